The fourth-order valence-corrected chi connectivity index (χ4v) is 4.41. The fraction of sp³-hybridized carbons (Fsp3) is 0.417. The summed E-state index contributed by atoms with van der Waals surface area (Å²) < 4.78 is 31.7. The Bertz CT molecular complexity index is 716. The molecule has 1 aromatic rings. The number of carbonyl (C=O) groups excluding carboxylic acids is 1. The van der Waals surface area contributed by atoms with E-state index in [4.69, 9.17) is 4.74 Å². The molecule has 8 nitrogen and oxygen atoms in total. The lowest BCUT2D eigenvalue weighted by molar-refractivity contribution is -0.387. The second kappa shape index (κ2) is 4.86. The average molecular weight is 312 g/mol. The van der Waals surface area contributed by atoms with Crippen molar-refractivity contribution in [3.05, 3.63) is 34.4 Å². The molecule has 9 heteroatoms. The zero-order valence-corrected chi connectivity index (χ0v) is 11.7. The van der Waals surface area contributed by atoms with Gasteiger partial charge in [-0.15, -0.1) is 0 Å². The van der Waals surface area contributed by atoms with Crippen molar-refractivity contribution in [1.29, 1.82) is 0 Å². The summed E-state index contributed by atoms with van der Waals surface area (Å²) in [6.07, 6.45) is -0.683. The molecular formula is C12H12N2O6S. The molecule has 3 saturated heterocycles. The molecule has 1 aromatic carbocycles. The average Bonchev–Trinajstić information content (AvgIpc) is 2.47. The Morgan fingerprint density at radius 3 is 2.62 bits per heavy atom. The van der Waals surface area contributed by atoms with Crippen LogP contribution >= 0.6 is 0 Å². The van der Waals surface area contributed by atoms with Gasteiger partial charge in [-0.25, -0.2) is 8.42 Å². The molecule has 0 amide bonds. The summed E-state index contributed by atoms with van der Waals surface area (Å²) in [7, 11) is -4.03. The van der Waals surface area contributed by atoms with E-state index >= 15 is 0 Å². The zero-order chi connectivity index (χ0) is 15.2. The normalized spacial score (nSPS) is 26.0. The predicted molar refractivity (Wildman–Crippen MR) is 70.1 cm³/mol. The lowest BCUT2D eigenvalue weighted by atomic mass is 9.98. The number of para-hydroxylation sites is 1. The molecule has 3 aliphatic heterocycles. The number of piperidine rings is 1. The molecular weight excluding hydrogens is 300 g/mol. The molecule has 4 rings (SSSR count). The number of rotatable bonds is 3. The van der Waals surface area contributed by atoms with E-state index in [0.29, 0.717) is 0 Å². The number of sulfonamides is 1. The number of nitro groups is 1. The van der Waals surface area contributed by atoms with Crippen LogP contribution in [0.5, 0.6) is 0 Å². The Balaban J connectivity index is 2.03. The van der Waals surface area contributed by atoms with Gasteiger partial charge in [0.1, 0.15) is 6.10 Å². The van der Waals surface area contributed by atoms with Crippen molar-refractivity contribution in [1.82, 2.24) is 4.31 Å². The highest BCUT2D eigenvalue weighted by Crippen LogP contribution is 2.33. The third-order valence-electron chi connectivity index (χ3n) is 3.69. The van der Waals surface area contributed by atoms with Crippen LogP contribution in [0.4, 0.5) is 5.69 Å². The fourth-order valence-electron chi connectivity index (χ4n) is 2.64. The molecule has 0 N–H and O–H groups in total. The second-order valence-corrected chi connectivity index (χ2v) is 6.80. The lowest BCUT2D eigenvalue weighted by Gasteiger charge is -2.42. The number of carbonyl (C=O) groups is 1. The predicted octanol–water partition coefficient (Wildman–Crippen LogP) is 0.326. The molecule has 112 valence electrons. The van der Waals surface area contributed by atoms with E-state index in [-0.39, 0.29) is 30.3 Å². The number of ketones is 1. The Kier molecular flexibility index (Phi) is 3.27. The molecule has 0 saturated carbocycles. The third-order valence-corrected chi connectivity index (χ3v) is 5.65. The van der Waals surface area contributed by atoms with Gasteiger partial charge in [-0.1, -0.05) is 12.1 Å². The zero-order valence-electron chi connectivity index (χ0n) is 10.8. The van der Waals surface area contributed by atoms with E-state index < -0.39 is 32.8 Å². The van der Waals surface area contributed by atoms with Crippen molar-refractivity contribution in [2.45, 2.75) is 23.5 Å². The van der Waals surface area contributed by atoms with Gasteiger partial charge in [0, 0.05) is 19.0 Å². The number of hydrogen-bond acceptors (Lipinski definition) is 6. The van der Waals surface area contributed by atoms with Crippen molar-refractivity contribution >= 4 is 21.5 Å². The topological polar surface area (TPSA) is 107 Å². The molecule has 2 bridgehead atoms. The van der Waals surface area contributed by atoms with E-state index in [1.54, 1.807) is 0 Å². The number of fused-ring (bicyclic) bond motifs is 3. The molecule has 2 atom stereocenters. The Morgan fingerprint density at radius 1 is 1.33 bits per heavy atom. The van der Waals surface area contributed by atoms with Crippen LogP contribution in [0.2, 0.25) is 0 Å². The van der Waals surface area contributed by atoms with Crippen molar-refractivity contribution in [2.75, 3.05) is 13.2 Å². The quantitative estimate of drug-likeness (QED) is 0.588. The van der Waals surface area contributed by atoms with Crippen molar-refractivity contribution < 1.29 is 22.9 Å². The highest BCUT2D eigenvalue weighted by atomic mass is 32.2. The summed E-state index contributed by atoms with van der Waals surface area (Å²) in [5, 5.41) is 11.0. The first-order valence-electron chi connectivity index (χ1n) is 6.31. The van der Waals surface area contributed by atoms with Gasteiger partial charge >= 0.3 is 0 Å². The first kappa shape index (κ1) is 14.1. The molecule has 3 heterocycles. The summed E-state index contributed by atoms with van der Waals surface area (Å²) in [6.45, 7) is 0.0498. The number of morpholine rings is 1. The van der Waals surface area contributed by atoms with E-state index in [9.17, 15) is 23.3 Å². The highest BCUT2D eigenvalue weighted by Gasteiger charge is 2.47. The lowest BCUT2D eigenvalue weighted by Crippen LogP contribution is -2.60. The van der Waals surface area contributed by atoms with Gasteiger partial charge in [0.25, 0.3) is 5.69 Å². The SMILES string of the molecule is O=C1C[C@H]2CO[C@@H]1CN2S(=O)(=O)c1ccccc1[N+](=O)[O-]. The molecule has 3 aliphatic rings. The maximum absolute atomic E-state index is 12.7. The summed E-state index contributed by atoms with van der Waals surface area (Å²) >= 11 is 0. The number of hydrogen-bond donors (Lipinski definition) is 0. The molecule has 0 aliphatic carbocycles. The van der Waals surface area contributed by atoms with Crippen molar-refractivity contribution in [3.63, 3.8) is 0 Å². The highest BCUT2D eigenvalue weighted by molar-refractivity contribution is 7.89. The largest absolute Gasteiger partial charge is 0.367 e. The Labute approximate surface area is 120 Å². The number of benzene rings is 1. The number of nitro benzene ring substituents is 1. The maximum Gasteiger partial charge on any atom is 0.289 e. The smallest absolute Gasteiger partial charge is 0.289 e. The molecule has 0 aromatic heterocycles. The van der Waals surface area contributed by atoms with E-state index in [1.807, 2.05) is 0 Å². The summed E-state index contributed by atoms with van der Waals surface area (Å²) in [4.78, 5) is 21.5. The van der Waals surface area contributed by atoms with E-state index in [1.165, 1.54) is 18.2 Å². The molecule has 0 spiro atoms. The van der Waals surface area contributed by atoms with Gasteiger partial charge in [0.15, 0.2) is 10.7 Å². The first-order chi connectivity index (χ1) is 9.91. The van der Waals surface area contributed by atoms with Crippen LogP contribution < -0.4 is 0 Å². The van der Waals surface area contributed by atoms with E-state index in [0.717, 1.165) is 10.4 Å². The number of Topliss-reactive ketones (excluding diaryl/α,β-unsaturated/α-hetero) is 1. The summed E-state index contributed by atoms with van der Waals surface area (Å²) in [5.74, 6) is -0.125. The van der Waals surface area contributed by atoms with Gasteiger partial charge in [0.2, 0.25) is 10.0 Å². The molecule has 3 fully saturated rings. The van der Waals surface area contributed by atoms with E-state index in [2.05, 4.69) is 0 Å². The van der Waals surface area contributed by atoms with Crippen LogP contribution in [0.1, 0.15) is 6.42 Å². The minimum absolute atomic E-state index is 0.0854. The minimum Gasteiger partial charge on any atom is -0.367 e. The summed E-state index contributed by atoms with van der Waals surface area (Å²) in [6, 6.07) is 4.61. The van der Waals surface area contributed by atoms with Gasteiger partial charge in [-0.05, 0) is 6.07 Å². The molecule has 0 radical (unpaired) electrons. The van der Waals surface area contributed by atoms with Crippen molar-refractivity contribution in [3.8, 4) is 0 Å². The van der Waals surface area contributed by atoms with Crippen molar-refractivity contribution in [2.24, 2.45) is 0 Å². The molecule has 0 unspecified atom stereocenters. The van der Waals surface area contributed by atoms with Crippen LogP contribution in [0.15, 0.2) is 29.2 Å². The Morgan fingerprint density at radius 2 is 2.05 bits per heavy atom. The first-order valence-corrected chi connectivity index (χ1v) is 7.75. The maximum atomic E-state index is 12.7. The van der Waals surface area contributed by atoms with Crippen LogP contribution in [-0.4, -0.2) is 48.7 Å². The molecule has 21 heavy (non-hydrogen) atoms. The number of nitrogens with zero attached hydrogens (tertiary/aromatic N) is 2. The monoisotopic (exact) mass is 312 g/mol. The Hall–Kier alpha value is -1.84. The third kappa shape index (κ3) is 2.23. The van der Waals surface area contributed by atoms with Gasteiger partial charge < -0.3 is 4.74 Å². The van der Waals surface area contributed by atoms with Gasteiger partial charge in [0.05, 0.1) is 17.6 Å². The number of ether oxygens (including phenoxy) is 1. The van der Waals surface area contributed by atoms with Gasteiger partial charge in [-0.2, -0.15) is 4.31 Å². The minimum atomic E-state index is -4.03. The second-order valence-electron chi connectivity index (χ2n) is 4.95. The van der Waals surface area contributed by atoms with Crippen LogP contribution in [-0.2, 0) is 19.6 Å². The van der Waals surface area contributed by atoms with Crippen LogP contribution in [0.3, 0.4) is 0 Å². The standard InChI is InChI=1S/C12H12N2O6S/c15-10-5-8-7-20-11(10)6-13(8)21(18,19)12-4-2-1-3-9(12)14(16)17/h1-4,8,11H,5-7H2/t8-,11+/m0/s1. The summed E-state index contributed by atoms with van der Waals surface area (Å²) in [5.41, 5.74) is -0.466. The van der Waals surface area contributed by atoms with Crippen LogP contribution in [0, 0.1) is 10.1 Å². The van der Waals surface area contributed by atoms with Crippen LogP contribution in [0.25, 0.3) is 0 Å². The van der Waals surface area contributed by atoms with Gasteiger partial charge in [-0.3, -0.25) is 14.9 Å².